The Morgan fingerprint density at radius 2 is 1.77 bits per heavy atom. The van der Waals surface area contributed by atoms with Crippen LogP contribution in [0.4, 0.5) is 30.6 Å². The van der Waals surface area contributed by atoms with Crippen molar-refractivity contribution >= 4 is 28.8 Å². The molecule has 3 N–H and O–H groups in total. The van der Waals surface area contributed by atoms with Crippen LogP contribution in [0, 0.1) is 0 Å². The summed E-state index contributed by atoms with van der Waals surface area (Å²) in [4.78, 5) is 12.7. The van der Waals surface area contributed by atoms with E-state index in [-0.39, 0.29) is 11.7 Å². The molecule has 0 atom stereocenters. The smallest absolute Gasteiger partial charge is 0.433 e. The lowest BCUT2D eigenvalue weighted by molar-refractivity contribution is -0.141. The van der Waals surface area contributed by atoms with E-state index in [1.807, 2.05) is 17.5 Å². The molecule has 0 bridgehead atoms. The molecule has 0 fully saturated rings. The first-order valence-electron chi connectivity index (χ1n) is 8.63. The number of anilines is 3. The van der Waals surface area contributed by atoms with E-state index in [1.54, 1.807) is 41.7 Å². The van der Waals surface area contributed by atoms with Crippen molar-refractivity contribution < 1.29 is 17.9 Å². The monoisotopic (exact) mass is 429 g/mol. The van der Waals surface area contributed by atoms with Crippen LogP contribution < -0.4 is 15.8 Å². The lowest BCUT2D eigenvalue weighted by atomic mass is 10.3. The Balaban J connectivity index is 1.48. The zero-order chi connectivity index (χ0) is 21.1. The molecular formula is C20H14F3N5OS. The standard InChI is InChI=1S/C20H14F3N5OS/c21-20(22,23)17-10-14(7-8-25-17)29-13-5-3-12(4-6-13)26-18-11-15(27-19(24)28-18)16-2-1-9-30-16/h1-11H,(H3,24,26,27,28). The highest BCUT2D eigenvalue weighted by molar-refractivity contribution is 7.13. The van der Waals surface area contributed by atoms with Crippen LogP contribution in [0.15, 0.2) is 66.2 Å². The minimum absolute atomic E-state index is 0.0437. The molecule has 0 unspecified atom stereocenters. The zero-order valence-electron chi connectivity index (χ0n) is 15.2. The number of pyridine rings is 1. The molecule has 1 aromatic carbocycles. The van der Waals surface area contributed by atoms with E-state index in [1.165, 1.54) is 6.07 Å². The topological polar surface area (TPSA) is 86.0 Å². The van der Waals surface area contributed by atoms with Crippen LogP contribution in [0.1, 0.15) is 5.69 Å². The number of halogens is 3. The van der Waals surface area contributed by atoms with E-state index in [0.29, 0.717) is 22.9 Å². The summed E-state index contributed by atoms with van der Waals surface area (Å²) in [5.41, 5.74) is 6.20. The van der Waals surface area contributed by atoms with Crippen LogP contribution in [0.3, 0.4) is 0 Å². The lowest BCUT2D eigenvalue weighted by Gasteiger charge is -2.11. The van der Waals surface area contributed by atoms with E-state index in [4.69, 9.17) is 10.5 Å². The van der Waals surface area contributed by atoms with Crippen molar-refractivity contribution in [2.75, 3.05) is 11.1 Å². The normalized spacial score (nSPS) is 11.3. The van der Waals surface area contributed by atoms with Gasteiger partial charge in [-0.2, -0.15) is 18.2 Å². The predicted octanol–water partition coefficient (Wildman–Crippen LogP) is 5.74. The lowest BCUT2D eigenvalue weighted by Crippen LogP contribution is -2.07. The van der Waals surface area contributed by atoms with E-state index in [0.717, 1.165) is 17.1 Å². The van der Waals surface area contributed by atoms with Crippen LogP contribution in [-0.4, -0.2) is 15.0 Å². The summed E-state index contributed by atoms with van der Waals surface area (Å²) in [6.07, 6.45) is -3.48. The third kappa shape index (κ3) is 4.66. The Morgan fingerprint density at radius 1 is 0.967 bits per heavy atom. The molecule has 0 aliphatic carbocycles. The van der Waals surface area contributed by atoms with Crippen LogP contribution in [0.25, 0.3) is 10.6 Å². The fraction of sp³-hybridized carbons (Fsp3) is 0.0500. The summed E-state index contributed by atoms with van der Waals surface area (Å²) < 4.78 is 43.8. The largest absolute Gasteiger partial charge is 0.457 e. The van der Waals surface area contributed by atoms with Gasteiger partial charge in [-0.25, -0.2) is 4.98 Å². The highest BCUT2D eigenvalue weighted by Crippen LogP contribution is 2.32. The maximum atomic E-state index is 12.8. The molecule has 0 amide bonds. The number of aromatic nitrogens is 3. The molecule has 3 aromatic heterocycles. The Kier molecular flexibility index (Phi) is 5.23. The minimum Gasteiger partial charge on any atom is -0.457 e. The van der Waals surface area contributed by atoms with Crippen LogP contribution in [-0.2, 0) is 6.18 Å². The molecule has 0 radical (unpaired) electrons. The Hall–Kier alpha value is -3.66. The molecule has 30 heavy (non-hydrogen) atoms. The van der Waals surface area contributed by atoms with Gasteiger partial charge in [-0.05, 0) is 41.8 Å². The van der Waals surface area contributed by atoms with Crippen LogP contribution in [0.5, 0.6) is 11.5 Å². The number of rotatable bonds is 5. The number of hydrogen-bond donors (Lipinski definition) is 2. The summed E-state index contributed by atoms with van der Waals surface area (Å²) >= 11 is 1.54. The molecule has 6 nitrogen and oxygen atoms in total. The van der Waals surface area contributed by atoms with Gasteiger partial charge in [0.1, 0.15) is 23.0 Å². The maximum Gasteiger partial charge on any atom is 0.433 e. The molecule has 0 saturated heterocycles. The number of nitrogens with one attached hydrogen (secondary N) is 1. The number of ether oxygens (including phenoxy) is 1. The molecule has 4 rings (SSSR count). The molecule has 3 heterocycles. The first-order chi connectivity index (χ1) is 14.4. The fourth-order valence-electron chi connectivity index (χ4n) is 2.60. The third-order valence-electron chi connectivity index (χ3n) is 3.90. The SMILES string of the molecule is Nc1nc(Nc2ccc(Oc3ccnc(C(F)(F)F)c3)cc2)cc(-c2cccs2)n1. The highest BCUT2D eigenvalue weighted by Gasteiger charge is 2.32. The fourth-order valence-corrected chi connectivity index (χ4v) is 3.29. The van der Waals surface area contributed by atoms with Gasteiger partial charge in [0.2, 0.25) is 5.95 Å². The average molecular weight is 429 g/mol. The van der Waals surface area contributed by atoms with Gasteiger partial charge in [0.05, 0.1) is 10.6 Å². The van der Waals surface area contributed by atoms with Crippen molar-refractivity contribution in [2.45, 2.75) is 6.18 Å². The van der Waals surface area contributed by atoms with E-state index in [9.17, 15) is 13.2 Å². The Bertz CT molecular complexity index is 1150. The van der Waals surface area contributed by atoms with Gasteiger partial charge in [-0.15, -0.1) is 11.3 Å². The first-order valence-corrected chi connectivity index (χ1v) is 9.51. The second-order valence-corrected chi connectivity index (χ2v) is 7.05. The summed E-state index contributed by atoms with van der Waals surface area (Å²) in [5, 5.41) is 5.07. The molecule has 0 spiro atoms. The maximum absolute atomic E-state index is 12.8. The van der Waals surface area contributed by atoms with E-state index >= 15 is 0 Å². The van der Waals surface area contributed by atoms with Crippen molar-refractivity contribution in [3.05, 3.63) is 71.9 Å². The number of nitrogens with two attached hydrogens (primary N) is 1. The summed E-state index contributed by atoms with van der Waals surface area (Å²) in [6.45, 7) is 0. The summed E-state index contributed by atoms with van der Waals surface area (Å²) in [5.74, 6) is 1.08. The molecule has 0 aliphatic rings. The molecule has 152 valence electrons. The van der Waals surface area contributed by atoms with Crippen molar-refractivity contribution in [1.82, 2.24) is 15.0 Å². The zero-order valence-corrected chi connectivity index (χ0v) is 16.0. The average Bonchev–Trinajstić information content (AvgIpc) is 3.24. The van der Waals surface area contributed by atoms with Crippen molar-refractivity contribution in [3.63, 3.8) is 0 Å². The molecular weight excluding hydrogens is 415 g/mol. The van der Waals surface area contributed by atoms with Gasteiger partial charge >= 0.3 is 6.18 Å². The van der Waals surface area contributed by atoms with Crippen molar-refractivity contribution in [2.24, 2.45) is 0 Å². The molecule has 0 saturated carbocycles. The van der Waals surface area contributed by atoms with Gasteiger partial charge < -0.3 is 15.8 Å². The van der Waals surface area contributed by atoms with Gasteiger partial charge in [-0.3, -0.25) is 4.98 Å². The second kappa shape index (κ2) is 7.99. The van der Waals surface area contributed by atoms with Crippen molar-refractivity contribution in [3.8, 4) is 22.1 Å². The van der Waals surface area contributed by atoms with Gasteiger partial charge in [0.25, 0.3) is 0 Å². The van der Waals surface area contributed by atoms with Gasteiger partial charge in [-0.1, -0.05) is 6.07 Å². The number of benzene rings is 1. The Labute approximate surface area is 173 Å². The van der Waals surface area contributed by atoms with E-state index in [2.05, 4.69) is 20.3 Å². The summed E-state index contributed by atoms with van der Waals surface area (Å²) in [6, 6.07) is 14.5. The number of thiophene rings is 1. The quantitative estimate of drug-likeness (QED) is 0.421. The van der Waals surface area contributed by atoms with Crippen LogP contribution >= 0.6 is 11.3 Å². The Morgan fingerprint density at radius 3 is 2.47 bits per heavy atom. The molecule has 4 aromatic rings. The number of nitrogens with zero attached hydrogens (tertiary/aromatic N) is 3. The second-order valence-electron chi connectivity index (χ2n) is 6.10. The number of hydrogen-bond acceptors (Lipinski definition) is 7. The van der Waals surface area contributed by atoms with E-state index < -0.39 is 11.9 Å². The number of nitrogen functional groups attached to an aromatic ring is 1. The minimum atomic E-state index is -4.53. The predicted molar refractivity (Wildman–Crippen MR) is 109 cm³/mol. The summed E-state index contributed by atoms with van der Waals surface area (Å²) in [7, 11) is 0. The molecule has 0 aliphatic heterocycles. The van der Waals surface area contributed by atoms with Gasteiger partial charge in [0, 0.05) is 24.0 Å². The first kappa shape index (κ1) is 19.6. The van der Waals surface area contributed by atoms with Crippen molar-refractivity contribution in [1.29, 1.82) is 0 Å². The highest BCUT2D eigenvalue weighted by atomic mass is 32.1. The number of alkyl halides is 3. The van der Waals surface area contributed by atoms with Gasteiger partial charge in [0.15, 0.2) is 0 Å². The van der Waals surface area contributed by atoms with Crippen LogP contribution in [0.2, 0.25) is 0 Å². The third-order valence-corrected chi connectivity index (χ3v) is 4.79. The molecule has 10 heteroatoms.